The lowest BCUT2D eigenvalue weighted by molar-refractivity contribution is -0.130. The zero-order valence-electron chi connectivity index (χ0n) is 14.7. The van der Waals surface area contributed by atoms with Crippen molar-refractivity contribution in [3.8, 4) is 11.5 Å². The number of hydrogen-bond acceptors (Lipinski definition) is 4. The quantitative estimate of drug-likeness (QED) is 0.728. The molecule has 0 saturated heterocycles. The predicted molar refractivity (Wildman–Crippen MR) is 99.3 cm³/mol. The monoisotopic (exact) mass is 376 g/mol. The second-order valence-corrected chi connectivity index (χ2v) is 6.09. The zero-order valence-corrected chi connectivity index (χ0v) is 15.4. The van der Waals surface area contributed by atoms with Crippen LogP contribution < -0.4 is 20.3 Å². The number of para-hydroxylation sites is 1. The van der Waals surface area contributed by atoms with Gasteiger partial charge in [-0.1, -0.05) is 35.9 Å². The number of halogens is 1. The molecular formula is C19H21ClN2O4. The van der Waals surface area contributed by atoms with E-state index < -0.39 is 5.91 Å². The smallest absolute Gasteiger partial charge is 0.276 e. The molecular weight excluding hydrogens is 356 g/mol. The fourth-order valence-corrected chi connectivity index (χ4v) is 2.25. The molecule has 2 aromatic carbocycles. The highest BCUT2D eigenvalue weighted by Gasteiger charge is 2.08. The van der Waals surface area contributed by atoms with Crippen LogP contribution in [0.15, 0.2) is 42.5 Å². The number of aryl methyl sites for hydroxylation is 2. The zero-order chi connectivity index (χ0) is 18.9. The predicted octanol–water partition coefficient (Wildman–Crippen LogP) is 2.95. The van der Waals surface area contributed by atoms with E-state index in [-0.39, 0.29) is 25.5 Å². The van der Waals surface area contributed by atoms with E-state index in [1.165, 1.54) is 0 Å². The lowest BCUT2D eigenvalue weighted by atomic mass is 10.1. The minimum absolute atomic E-state index is 0.0728. The summed E-state index contributed by atoms with van der Waals surface area (Å²) in [6.45, 7) is 3.79. The van der Waals surface area contributed by atoms with Crippen LogP contribution in [0, 0.1) is 13.8 Å². The molecule has 2 aromatic rings. The lowest BCUT2D eigenvalue weighted by Crippen LogP contribution is -2.44. The first-order chi connectivity index (χ1) is 12.5. The normalized spacial score (nSPS) is 10.1. The van der Waals surface area contributed by atoms with Gasteiger partial charge in [0.05, 0.1) is 18.1 Å². The van der Waals surface area contributed by atoms with Crippen LogP contribution in [0.2, 0.25) is 5.02 Å². The molecule has 0 aliphatic rings. The Morgan fingerprint density at radius 2 is 1.69 bits per heavy atom. The van der Waals surface area contributed by atoms with Gasteiger partial charge in [-0.25, -0.2) is 0 Å². The molecule has 138 valence electrons. The fourth-order valence-electron chi connectivity index (χ4n) is 2.06. The number of benzene rings is 2. The molecule has 0 heterocycles. The Hall–Kier alpha value is -2.73. The summed E-state index contributed by atoms with van der Waals surface area (Å²) >= 11 is 5.95. The first-order valence-corrected chi connectivity index (χ1v) is 8.48. The van der Waals surface area contributed by atoms with Crippen LogP contribution in [0.1, 0.15) is 17.5 Å². The van der Waals surface area contributed by atoms with Crippen molar-refractivity contribution in [3.63, 3.8) is 0 Å². The van der Waals surface area contributed by atoms with Gasteiger partial charge in [-0.15, -0.1) is 0 Å². The molecule has 6 nitrogen and oxygen atoms in total. The molecule has 0 unspecified atom stereocenters. The highest BCUT2D eigenvalue weighted by atomic mass is 35.5. The van der Waals surface area contributed by atoms with Gasteiger partial charge in [0.15, 0.2) is 6.61 Å². The maximum Gasteiger partial charge on any atom is 0.276 e. The first-order valence-electron chi connectivity index (χ1n) is 8.11. The van der Waals surface area contributed by atoms with Crippen LogP contribution in [0.4, 0.5) is 0 Å². The van der Waals surface area contributed by atoms with E-state index in [1.54, 1.807) is 24.3 Å². The molecule has 0 aromatic heterocycles. The molecule has 2 amide bonds. The third-order valence-electron chi connectivity index (χ3n) is 3.47. The van der Waals surface area contributed by atoms with Crippen molar-refractivity contribution in [2.45, 2.75) is 20.3 Å². The first kappa shape index (κ1) is 19.6. The summed E-state index contributed by atoms with van der Waals surface area (Å²) in [6, 6.07) is 12.7. The Kier molecular flexibility index (Phi) is 7.29. The molecule has 0 saturated carbocycles. The van der Waals surface area contributed by atoms with Gasteiger partial charge in [0, 0.05) is 0 Å². The summed E-state index contributed by atoms with van der Waals surface area (Å²) in [5, 5.41) is 0.477. The second-order valence-electron chi connectivity index (χ2n) is 5.68. The second kappa shape index (κ2) is 9.68. The fraction of sp³-hybridized carbons (Fsp3) is 0.263. The minimum atomic E-state index is -0.453. The molecule has 0 radical (unpaired) electrons. The van der Waals surface area contributed by atoms with Crippen molar-refractivity contribution < 1.29 is 19.1 Å². The molecule has 0 aliphatic carbocycles. The van der Waals surface area contributed by atoms with Crippen molar-refractivity contribution in [3.05, 3.63) is 58.6 Å². The number of rotatable bonds is 7. The summed E-state index contributed by atoms with van der Waals surface area (Å²) in [7, 11) is 0. The highest BCUT2D eigenvalue weighted by Crippen LogP contribution is 2.23. The average Bonchev–Trinajstić information content (AvgIpc) is 2.62. The van der Waals surface area contributed by atoms with E-state index in [2.05, 4.69) is 10.9 Å². The summed E-state index contributed by atoms with van der Waals surface area (Å²) < 4.78 is 10.9. The topological polar surface area (TPSA) is 76.7 Å². The van der Waals surface area contributed by atoms with Gasteiger partial charge in [-0.2, -0.15) is 0 Å². The van der Waals surface area contributed by atoms with Crippen LogP contribution in [0.25, 0.3) is 0 Å². The van der Waals surface area contributed by atoms with Gasteiger partial charge in [-0.3, -0.25) is 20.4 Å². The third-order valence-corrected chi connectivity index (χ3v) is 3.78. The van der Waals surface area contributed by atoms with Gasteiger partial charge < -0.3 is 9.47 Å². The van der Waals surface area contributed by atoms with E-state index >= 15 is 0 Å². The highest BCUT2D eigenvalue weighted by molar-refractivity contribution is 6.32. The maximum atomic E-state index is 11.8. The van der Waals surface area contributed by atoms with E-state index in [4.69, 9.17) is 21.1 Å². The van der Waals surface area contributed by atoms with Gasteiger partial charge in [0.2, 0.25) is 5.91 Å². The number of hydrogen-bond donors (Lipinski definition) is 2. The van der Waals surface area contributed by atoms with Crippen molar-refractivity contribution >= 4 is 23.4 Å². The molecule has 0 bridgehead atoms. The number of carbonyl (C=O) groups is 2. The van der Waals surface area contributed by atoms with Crippen LogP contribution in [-0.4, -0.2) is 25.0 Å². The van der Waals surface area contributed by atoms with E-state index in [0.29, 0.717) is 16.5 Å². The Morgan fingerprint density at radius 1 is 0.962 bits per heavy atom. The molecule has 0 spiro atoms. The average molecular weight is 377 g/mol. The summed E-state index contributed by atoms with van der Waals surface area (Å²) in [5.74, 6) is 0.316. The number of hydrazine groups is 1. The molecule has 0 fully saturated rings. The van der Waals surface area contributed by atoms with E-state index in [1.807, 2.05) is 32.0 Å². The molecule has 2 rings (SSSR count). The van der Waals surface area contributed by atoms with E-state index in [9.17, 15) is 9.59 Å². The maximum absolute atomic E-state index is 11.8. The number of carbonyl (C=O) groups excluding carboxylic acids is 2. The van der Waals surface area contributed by atoms with Gasteiger partial charge in [-0.05, 0) is 43.2 Å². The number of nitrogens with one attached hydrogen (secondary N) is 2. The SMILES string of the molecule is Cc1ccc(C)c(OCC(=O)NNC(=O)CCOc2ccccc2Cl)c1. The van der Waals surface area contributed by atoms with Crippen LogP contribution >= 0.6 is 11.6 Å². The molecule has 7 heteroatoms. The largest absolute Gasteiger partial charge is 0.491 e. The molecule has 0 aliphatic heterocycles. The Labute approximate surface area is 157 Å². The molecule has 0 atom stereocenters. The summed E-state index contributed by atoms with van der Waals surface area (Å²) in [5.41, 5.74) is 6.59. The van der Waals surface area contributed by atoms with Crippen molar-refractivity contribution in [1.82, 2.24) is 10.9 Å². The van der Waals surface area contributed by atoms with Crippen molar-refractivity contribution in [1.29, 1.82) is 0 Å². The summed E-state index contributed by atoms with van der Waals surface area (Å²) in [6.07, 6.45) is 0.0728. The van der Waals surface area contributed by atoms with Crippen LogP contribution in [-0.2, 0) is 9.59 Å². The van der Waals surface area contributed by atoms with Crippen molar-refractivity contribution in [2.24, 2.45) is 0 Å². The third kappa shape index (κ3) is 6.29. The van der Waals surface area contributed by atoms with E-state index in [0.717, 1.165) is 11.1 Å². The van der Waals surface area contributed by atoms with Crippen molar-refractivity contribution in [2.75, 3.05) is 13.2 Å². The van der Waals surface area contributed by atoms with Crippen LogP contribution in [0.3, 0.4) is 0 Å². The Morgan fingerprint density at radius 3 is 2.46 bits per heavy atom. The van der Waals surface area contributed by atoms with Gasteiger partial charge >= 0.3 is 0 Å². The number of amides is 2. The molecule has 2 N–H and O–H groups in total. The van der Waals surface area contributed by atoms with Crippen LogP contribution in [0.5, 0.6) is 11.5 Å². The minimum Gasteiger partial charge on any atom is -0.491 e. The Balaban J connectivity index is 1.66. The molecule has 26 heavy (non-hydrogen) atoms. The van der Waals surface area contributed by atoms with Gasteiger partial charge in [0.25, 0.3) is 5.91 Å². The Bertz CT molecular complexity index is 780. The number of ether oxygens (including phenoxy) is 2. The summed E-state index contributed by atoms with van der Waals surface area (Å²) in [4.78, 5) is 23.5. The standard InChI is InChI=1S/C19H21ClN2O4/c1-13-7-8-14(2)17(11-13)26-12-19(24)22-21-18(23)9-10-25-16-6-4-3-5-15(16)20/h3-8,11H,9-10,12H2,1-2H3,(H,21,23)(H,22,24). The lowest BCUT2D eigenvalue weighted by Gasteiger charge is -2.11. The van der Waals surface area contributed by atoms with Gasteiger partial charge in [0.1, 0.15) is 11.5 Å².